The molecule has 15 heavy (non-hydrogen) atoms. The molecule has 0 atom stereocenters. The van der Waals surface area contributed by atoms with Crippen molar-refractivity contribution < 1.29 is 9.59 Å². The number of allylic oxidation sites excluding steroid dienone is 2. The average molecular weight is 203 g/mol. The molecule has 1 rings (SSSR count). The Balaban J connectivity index is 2.75. The Morgan fingerprint density at radius 1 is 1.13 bits per heavy atom. The van der Waals surface area contributed by atoms with Crippen LogP contribution in [0.3, 0.4) is 0 Å². The Hall–Kier alpha value is -1.90. The van der Waals surface area contributed by atoms with Crippen LogP contribution in [0.2, 0.25) is 0 Å². The second-order valence-corrected chi connectivity index (χ2v) is 3.24. The minimum atomic E-state index is -0.176. The van der Waals surface area contributed by atoms with Crippen molar-refractivity contribution >= 4 is 11.7 Å². The van der Waals surface area contributed by atoms with Crippen molar-refractivity contribution in [2.45, 2.75) is 13.8 Å². The van der Waals surface area contributed by atoms with E-state index in [-0.39, 0.29) is 11.7 Å². The third-order valence-electron chi connectivity index (χ3n) is 1.78. The molecule has 0 saturated carbocycles. The zero-order valence-electron chi connectivity index (χ0n) is 8.78. The van der Waals surface area contributed by atoms with Crippen LogP contribution in [0.15, 0.2) is 42.1 Å². The van der Waals surface area contributed by atoms with Gasteiger partial charge in [-0.05, 0) is 6.92 Å². The first kappa shape index (κ1) is 11.2. The lowest BCUT2D eigenvalue weighted by Gasteiger charge is -2.00. The van der Waals surface area contributed by atoms with E-state index in [4.69, 9.17) is 0 Å². The van der Waals surface area contributed by atoms with E-state index in [1.807, 2.05) is 6.07 Å². The van der Waals surface area contributed by atoms with Crippen molar-refractivity contribution in [1.29, 1.82) is 0 Å². The highest BCUT2D eigenvalue weighted by atomic mass is 16.1. The van der Waals surface area contributed by atoms with Gasteiger partial charge >= 0.3 is 0 Å². The van der Waals surface area contributed by atoms with Gasteiger partial charge in [0.25, 0.3) is 0 Å². The van der Waals surface area contributed by atoms with Crippen LogP contribution in [0.1, 0.15) is 24.2 Å². The van der Waals surface area contributed by atoms with Gasteiger partial charge in [-0.25, -0.2) is 0 Å². The van der Waals surface area contributed by atoms with E-state index in [1.54, 1.807) is 31.2 Å². The zero-order chi connectivity index (χ0) is 11.3. The molecule has 0 aliphatic heterocycles. The van der Waals surface area contributed by atoms with Gasteiger partial charge in [0.05, 0.1) is 0 Å². The fraction of sp³-hybridized carbons (Fsp3) is 0.167. The van der Waals surface area contributed by atoms with E-state index in [0.29, 0.717) is 11.3 Å². The third kappa shape index (κ3) is 3.77. The van der Waals surface area contributed by atoms with Crippen molar-refractivity contribution in [2.24, 2.45) is 0 Å². The second kappa shape index (κ2) is 5.10. The third-order valence-corrected chi connectivity index (χ3v) is 1.78. The fourth-order valence-electron chi connectivity index (χ4n) is 1.20. The minimum absolute atomic E-state index is 0.109. The molecule has 1 N–H and O–H groups in total. The molecule has 0 aliphatic rings. The predicted molar refractivity (Wildman–Crippen MR) is 58.3 cm³/mol. The summed E-state index contributed by atoms with van der Waals surface area (Å²) in [7, 11) is 0. The molecule has 3 heteroatoms. The van der Waals surface area contributed by atoms with Crippen LogP contribution in [0.25, 0.3) is 0 Å². The molecule has 0 heterocycles. The summed E-state index contributed by atoms with van der Waals surface area (Å²) >= 11 is 0. The van der Waals surface area contributed by atoms with Gasteiger partial charge in [-0.2, -0.15) is 0 Å². The smallest absolute Gasteiger partial charge is 0.220 e. The van der Waals surface area contributed by atoms with Gasteiger partial charge in [0.1, 0.15) is 0 Å². The van der Waals surface area contributed by atoms with E-state index in [1.165, 1.54) is 13.0 Å². The maximum atomic E-state index is 11.6. The average Bonchev–Trinajstić information content (AvgIpc) is 2.17. The molecule has 0 saturated heterocycles. The number of hydrogen-bond acceptors (Lipinski definition) is 2. The van der Waals surface area contributed by atoms with E-state index in [9.17, 15) is 9.59 Å². The summed E-state index contributed by atoms with van der Waals surface area (Å²) in [6.45, 7) is 3.09. The first-order chi connectivity index (χ1) is 7.09. The van der Waals surface area contributed by atoms with Crippen LogP contribution in [0, 0.1) is 0 Å². The number of ketones is 1. The molecule has 0 unspecified atom stereocenters. The molecule has 78 valence electrons. The molecule has 1 amide bonds. The van der Waals surface area contributed by atoms with Crippen molar-refractivity contribution in [3.05, 3.63) is 47.7 Å². The Kier molecular flexibility index (Phi) is 3.80. The van der Waals surface area contributed by atoms with Gasteiger partial charge in [-0.3, -0.25) is 9.59 Å². The van der Waals surface area contributed by atoms with E-state index < -0.39 is 0 Å². The number of carbonyl (C=O) groups is 2. The standard InChI is InChI=1S/C12H13NO2/c1-9(13-10(2)14)8-12(15)11-6-4-3-5-7-11/h3-8H,1-2H3,(H,13,14)/b9-8+. The van der Waals surface area contributed by atoms with Gasteiger partial charge < -0.3 is 5.32 Å². The molecule has 3 nitrogen and oxygen atoms in total. The minimum Gasteiger partial charge on any atom is -0.330 e. The van der Waals surface area contributed by atoms with Crippen molar-refractivity contribution in [1.82, 2.24) is 5.32 Å². The topological polar surface area (TPSA) is 46.2 Å². The molecule has 0 aliphatic carbocycles. The highest BCUT2D eigenvalue weighted by Crippen LogP contribution is 2.02. The van der Waals surface area contributed by atoms with Crippen molar-refractivity contribution in [2.75, 3.05) is 0 Å². The zero-order valence-corrected chi connectivity index (χ0v) is 8.78. The number of nitrogens with one attached hydrogen (secondary N) is 1. The summed E-state index contributed by atoms with van der Waals surface area (Å²) in [5, 5.41) is 2.54. The molecule has 0 spiro atoms. The molecule has 0 aromatic heterocycles. The fourth-order valence-corrected chi connectivity index (χ4v) is 1.20. The Bertz CT molecular complexity index is 393. The monoisotopic (exact) mass is 203 g/mol. The van der Waals surface area contributed by atoms with Crippen LogP contribution in [0.4, 0.5) is 0 Å². The SMILES string of the molecule is CC(=O)N/C(C)=C/C(=O)c1ccccc1. The summed E-state index contributed by atoms with van der Waals surface area (Å²) in [5.74, 6) is -0.286. The van der Waals surface area contributed by atoms with E-state index in [0.717, 1.165) is 0 Å². The highest BCUT2D eigenvalue weighted by Gasteiger charge is 2.02. The van der Waals surface area contributed by atoms with Crippen molar-refractivity contribution in [3.8, 4) is 0 Å². The Morgan fingerprint density at radius 2 is 1.73 bits per heavy atom. The molecule has 0 radical (unpaired) electrons. The van der Waals surface area contributed by atoms with E-state index in [2.05, 4.69) is 5.32 Å². The van der Waals surface area contributed by atoms with Crippen LogP contribution in [-0.4, -0.2) is 11.7 Å². The predicted octanol–water partition coefficient (Wildman–Crippen LogP) is 1.91. The largest absolute Gasteiger partial charge is 0.330 e. The van der Waals surface area contributed by atoms with Gasteiger partial charge in [-0.15, -0.1) is 0 Å². The number of hydrogen-bond donors (Lipinski definition) is 1. The summed E-state index contributed by atoms with van der Waals surface area (Å²) < 4.78 is 0. The molecular formula is C12H13NO2. The number of amides is 1. The number of carbonyl (C=O) groups excluding carboxylic acids is 2. The highest BCUT2D eigenvalue weighted by molar-refractivity contribution is 6.05. The van der Waals surface area contributed by atoms with Gasteiger partial charge in [0.15, 0.2) is 5.78 Å². The Morgan fingerprint density at radius 3 is 2.27 bits per heavy atom. The molecule has 0 fully saturated rings. The van der Waals surface area contributed by atoms with Crippen LogP contribution >= 0.6 is 0 Å². The first-order valence-electron chi connectivity index (χ1n) is 4.65. The van der Waals surface area contributed by atoms with Crippen LogP contribution < -0.4 is 5.32 Å². The van der Waals surface area contributed by atoms with Crippen molar-refractivity contribution in [3.63, 3.8) is 0 Å². The number of rotatable bonds is 3. The molecule has 1 aromatic carbocycles. The number of benzene rings is 1. The molecule has 0 bridgehead atoms. The molecular weight excluding hydrogens is 190 g/mol. The van der Waals surface area contributed by atoms with Gasteiger partial charge in [0.2, 0.25) is 5.91 Å². The molecule has 1 aromatic rings. The second-order valence-electron chi connectivity index (χ2n) is 3.24. The van der Waals surface area contributed by atoms with E-state index >= 15 is 0 Å². The summed E-state index contributed by atoms with van der Waals surface area (Å²) in [6.07, 6.45) is 1.41. The first-order valence-corrected chi connectivity index (χ1v) is 4.65. The van der Waals surface area contributed by atoms with Crippen LogP contribution in [-0.2, 0) is 4.79 Å². The lowest BCUT2D eigenvalue weighted by Crippen LogP contribution is -2.18. The lowest BCUT2D eigenvalue weighted by molar-refractivity contribution is -0.118. The summed E-state index contributed by atoms with van der Waals surface area (Å²) in [5.41, 5.74) is 1.17. The van der Waals surface area contributed by atoms with Gasteiger partial charge in [-0.1, -0.05) is 30.3 Å². The maximum Gasteiger partial charge on any atom is 0.220 e. The van der Waals surface area contributed by atoms with Crippen LogP contribution in [0.5, 0.6) is 0 Å². The summed E-state index contributed by atoms with van der Waals surface area (Å²) in [4.78, 5) is 22.3. The van der Waals surface area contributed by atoms with Gasteiger partial charge in [0, 0.05) is 24.3 Å². The summed E-state index contributed by atoms with van der Waals surface area (Å²) in [6, 6.07) is 8.92. The quantitative estimate of drug-likeness (QED) is 0.602. The Labute approximate surface area is 88.8 Å². The lowest BCUT2D eigenvalue weighted by atomic mass is 10.1. The maximum absolute atomic E-state index is 11.6. The normalized spacial score (nSPS) is 10.9.